The van der Waals surface area contributed by atoms with Crippen molar-refractivity contribution >= 4 is 11.9 Å². The minimum absolute atomic E-state index is 0.203. The number of carbonyl (C=O) groups excluding carboxylic acids is 2. The number of hydrogen-bond acceptors (Lipinski definition) is 3. The molecule has 1 atom stereocenters. The molecule has 0 aliphatic heterocycles. The Morgan fingerprint density at radius 3 is 1.86 bits per heavy atom. The van der Waals surface area contributed by atoms with Gasteiger partial charge in [-0.25, -0.2) is 9.18 Å². The van der Waals surface area contributed by atoms with Gasteiger partial charge < -0.3 is 10.1 Å². The quantitative estimate of drug-likeness (QED) is 0.623. The second kappa shape index (κ2) is 9.64. The summed E-state index contributed by atoms with van der Waals surface area (Å²) >= 11 is 0. The fourth-order valence-electron chi connectivity index (χ4n) is 3.23. The molecule has 1 amide bonds. The first-order valence-electron chi connectivity index (χ1n) is 9.31. The predicted molar refractivity (Wildman–Crippen MR) is 109 cm³/mol. The van der Waals surface area contributed by atoms with Crippen molar-refractivity contribution in [1.82, 2.24) is 5.32 Å². The van der Waals surface area contributed by atoms with Crippen LogP contribution in [0.4, 0.5) is 4.39 Å². The molecule has 0 radical (unpaired) electrons. The second-order valence-electron chi connectivity index (χ2n) is 6.67. The van der Waals surface area contributed by atoms with Gasteiger partial charge in [0.2, 0.25) is 5.91 Å². The Labute approximate surface area is 169 Å². The smallest absolute Gasteiger partial charge is 0.328 e. The lowest BCUT2D eigenvalue weighted by molar-refractivity contribution is -0.145. The SMILES string of the molecule is COC(=O)[C@@H](Cc1ccc(F)cc1)NC(=O)C(c1ccccc1)c1ccccc1. The summed E-state index contributed by atoms with van der Waals surface area (Å²) in [5.74, 6) is -1.79. The molecule has 3 aromatic carbocycles. The summed E-state index contributed by atoms with van der Waals surface area (Å²) in [7, 11) is 1.28. The van der Waals surface area contributed by atoms with Gasteiger partial charge in [0.25, 0.3) is 0 Å². The van der Waals surface area contributed by atoms with E-state index in [4.69, 9.17) is 4.74 Å². The summed E-state index contributed by atoms with van der Waals surface area (Å²) in [5, 5.41) is 2.82. The highest BCUT2D eigenvalue weighted by Gasteiger charge is 2.28. The van der Waals surface area contributed by atoms with Crippen molar-refractivity contribution in [3.63, 3.8) is 0 Å². The number of carbonyl (C=O) groups is 2. The van der Waals surface area contributed by atoms with Gasteiger partial charge in [0.15, 0.2) is 0 Å². The van der Waals surface area contributed by atoms with Gasteiger partial charge in [0, 0.05) is 6.42 Å². The lowest BCUT2D eigenvalue weighted by Crippen LogP contribution is -2.45. The fourth-order valence-corrected chi connectivity index (χ4v) is 3.23. The Morgan fingerprint density at radius 1 is 0.862 bits per heavy atom. The summed E-state index contributed by atoms with van der Waals surface area (Å²) in [4.78, 5) is 25.5. The number of ether oxygens (including phenoxy) is 1. The zero-order valence-corrected chi connectivity index (χ0v) is 16.0. The van der Waals surface area contributed by atoms with Crippen molar-refractivity contribution in [1.29, 1.82) is 0 Å². The largest absolute Gasteiger partial charge is 0.467 e. The van der Waals surface area contributed by atoms with E-state index in [2.05, 4.69) is 5.32 Å². The average Bonchev–Trinajstić information content (AvgIpc) is 2.76. The molecule has 0 unspecified atom stereocenters. The van der Waals surface area contributed by atoms with Crippen LogP contribution in [0.5, 0.6) is 0 Å². The molecule has 0 fully saturated rings. The van der Waals surface area contributed by atoms with E-state index >= 15 is 0 Å². The minimum atomic E-state index is -0.882. The van der Waals surface area contributed by atoms with Crippen LogP contribution in [0.2, 0.25) is 0 Å². The zero-order chi connectivity index (χ0) is 20.6. The van der Waals surface area contributed by atoms with Crippen LogP contribution in [0, 0.1) is 5.82 Å². The Morgan fingerprint density at radius 2 is 1.38 bits per heavy atom. The van der Waals surface area contributed by atoms with E-state index < -0.39 is 17.9 Å². The fraction of sp³-hybridized carbons (Fsp3) is 0.167. The van der Waals surface area contributed by atoms with E-state index in [1.54, 1.807) is 12.1 Å². The maximum absolute atomic E-state index is 13.2. The van der Waals surface area contributed by atoms with Crippen LogP contribution in [0.3, 0.4) is 0 Å². The van der Waals surface area contributed by atoms with Crippen LogP contribution in [0.15, 0.2) is 84.9 Å². The van der Waals surface area contributed by atoms with E-state index in [0.717, 1.165) is 16.7 Å². The molecular weight excluding hydrogens is 369 g/mol. The molecule has 0 bridgehead atoms. The Balaban J connectivity index is 1.87. The van der Waals surface area contributed by atoms with Crippen molar-refractivity contribution in [2.24, 2.45) is 0 Å². The van der Waals surface area contributed by atoms with Crippen LogP contribution >= 0.6 is 0 Å². The number of rotatable bonds is 7. The molecule has 29 heavy (non-hydrogen) atoms. The molecular formula is C24H22FNO3. The summed E-state index contributed by atoms with van der Waals surface area (Å²) in [5.41, 5.74) is 2.36. The van der Waals surface area contributed by atoms with Crippen LogP contribution in [-0.4, -0.2) is 25.0 Å². The van der Waals surface area contributed by atoms with E-state index in [-0.39, 0.29) is 18.1 Å². The molecule has 0 heterocycles. The number of halogens is 1. The van der Waals surface area contributed by atoms with Crippen molar-refractivity contribution in [3.8, 4) is 0 Å². The molecule has 3 rings (SSSR count). The Bertz CT molecular complexity index is 903. The van der Waals surface area contributed by atoms with E-state index in [0.29, 0.717) is 0 Å². The van der Waals surface area contributed by atoms with Crippen LogP contribution in [-0.2, 0) is 20.7 Å². The molecule has 3 aromatic rings. The number of hydrogen-bond donors (Lipinski definition) is 1. The number of methoxy groups -OCH3 is 1. The lowest BCUT2D eigenvalue weighted by atomic mass is 9.90. The van der Waals surface area contributed by atoms with Gasteiger partial charge in [0.05, 0.1) is 13.0 Å². The molecule has 0 spiro atoms. The van der Waals surface area contributed by atoms with Gasteiger partial charge >= 0.3 is 5.97 Å². The molecule has 5 heteroatoms. The monoisotopic (exact) mass is 391 g/mol. The highest BCUT2D eigenvalue weighted by molar-refractivity contribution is 5.91. The molecule has 4 nitrogen and oxygen atoms in total. The topological polar surface area (TPSA) is 55.4 Å². The predicted octanol–water partition coefficient (Wildman–Crippen LogP) is 3.86. The molecule has 1 N–H and O–H groups in total. The number of benzene rings is 3. The zero-order valence-electron chi connectivity index (χ0n) is 16.0. The number of esters is 1. The third-order valence-corrected chi connectivity index (χ3v) is 4.68. The maximum atomic E-state index is 13.2. The van der Waals surface area contributed by atoms with E-state index in [9.17, 15) is 14.0 Å². The summed E-state index contributed by atoms with van der Waals surface area (Å²) in [6.45, 7) is 0. The van der Waals surface area contributed by atoms with Gasteiger partial charge in [-0.05, 0) is 28.8 Å². The highest BCUT2D eigenvalue weighted by Crippen LogP contribution is 2.25. The van der Waals surface area contributed by atoms with Crippen molar-refractivity contribution in [2.45, 2.75) is 18.4 Å². The first kappa shape index (κ1) is 20.3. The Kier molecular flexibility index (Phi) is 6.74. The van der Waals surface area contributed by atoms with Crippen molar-refractivity contribution in [2.75, 3.05) is 7.11 Å². The van der Waals surface area contributed by atoms with Gasteiger partial charge in [0.1, 0.15) is 11.9 Å². The highest BCUT2D eigenvalue weighted by atomic mass is 19.1. The van der Waals surface area contributed by atoms with E-state index in [1.807, 2.05) is 60.7 Å². The summed E-state index contributed by atoms with van der Waals surface area (Å²) < 4.78 is 18.1. The van der Waals surface area contributed by atoms with Gasteiger partial charge in [-0.15, -0.1) is 0 Å². The van der Waals surface area contributed by atoms with Gasteiger partial charge in [-0.3, -0.25) is 4.79 Å². The first-order chi connectivity index (χ1) is 14.1. The number of amides is 1. The van der Waals surface area contributed by atoms with Crippen molar-refractivity contribution < 1.29 is 18.7 Å². The molecule has 0 saturated heterocycles. The lowest BCUT2D eigenvalue weighted by Gasteiger charge is -2.22. The molecule has 0 aliphatic carbocycles. The van der Waals surface area contributed by atoms with Gasteiger partial charge in [-0.2, -0.15) is 0 Å². The normalized spacial score (nSPS) is 11.7. The first-order valence-corrected chi connectivity index (χ1v) is 9.31. The molecule has 0 aliphatic rings. The minimum Gasteiger partial charge on any atom is -0.467 e. The molecule has 0 saturated carbocycles. The van der Waals surface area contributed by atoms with Crippen molar-refractivity contribution in [3.05, 3.63) is 107 Å². The standard InChI is InChI=1S/C24H22FNO3/c1-29-24(28)21(16-17-12-14-20(25)15-13-17)26-23(27)22(18-8-4-2-5-9-18)19-10-6-3-7-11-19/h2-15,21-22H,16H2,1H3,(H,26,27)/t21-/m1/s1. The third kappa shape index (κ3) is 5.29. The van der Waals surface area contributed by atoms with Crippen LogP contribution in [0.25, 0.3) is 0 Å². The molecule has 0 aromatic heterocycles. The maximum Gasteiger partial charge on any atom is 0.328 e. The average molecular weight is 391 g/mol. The third-order valence-electron chi connectivity index (χ3n) is 4.68. The Hall–Kier alpha value is -3.47. The van der Waals surface area contributed by atoms with E-state index in [1.165, 1.54) is 19.2 Å². The summed E-state index contributed by atoms with van der Waals surface area (Å²) in [6, 6.07) is 23.7. The van der Waals surface area contributed by atoms with Crippen LogP contribution < -0.4 is 5.32 Å². The second-order valence-corrected chi connectivity index (χ2v) is 6.67. The molecule has 148 valence electrons. The number of nitrogens with one attached hydrogen (secondary N) is 1. The van der Waals surface area contributed by atoms with Crippen LogP contribution in [0.1, 0.15) is 22.6 Å². The van der Waals surface area contributed by atoms with Gasteiger partial charge in [-0.1, -0.05) is 72.8 Å². The summed E-state index contributed by atoms with van der Waals surface area (Å²) in [6.07, 6.45) is 0.203.